The van der Waals surface area contributed by atoms with Crippen LogP contribution in [-0.2, 0) is 14.3 Å². The van der Waals surface area contributed by atoms with Crippen molar-refractivity contribution in [3.8, 4) is 5.75 Å². The lowest BCUT2D eigenvalue weighted by atomic mass is 9.92. The van der Waals surface area contributed by atoms with Crippen molar-refractivity contribution in [2.24, 2.45) is 0 Å². The number of alkyl halides is 2. The van der Waals surface area contributed by atoms with E-state index in [1.165, 1.54) is 7.11 Å². The topological polar surface area (TPSA) is 68.8 Å². The van der Waals surface area contributed by atoms with Gasteiger partial charge in [-0.05, 0) is 61.8 Å². The Morgan fingerprint density at radius 2 is 1.85 bits per heavy atom. The molecule has 1 aliphatic rings. The summed E-state index contributed by atoms with van der Waals surface area (Å²) < 4.78 is 40.0. The standard InChI is InChI=1S/C18H22F2N2O4S/c1-9-7-12(8-10(2)15(9)26-17(19)20)14-13(11(3)21-18(27)22-14)16(23)25-6-5-24-4/h7-8,14,17H,5-6H2,1-4H3,(H2,21,22,27)/t14-/m0/s1. The molecular formula is C18H22F2N2O4S. The number of ether oxygens (including phenoxy) is 3. The van der Waals surface area contributed by atoms with Gasteiger partial charge >= 0.3 is 12.6 Å². The first-order valence-corrected chi connectivity index (χ1v) is 8.65. The molecule has 1 aliphatic heterocycles. The Morgan fingerprint density at radius 1 is 1.22 bits per heavy atom. The summed E-state index contributed by atoms with van der Waals surface area (Å²) in [6.45, 7) is 2.54. The number of carbonyl (C=O) groups excluding carboxylic acids is 1. The van der Waals surface area contributed by atoms with Gasteiger partial charge in [0.25, 0.3) is 0 Å². The minimum Gasteiger partial charge on any atom is -0.460 e. The molecule has 0 unspecified atom stereocenters. The molecule has 0 aromatic heterocycles. The van der Waals surface area contributed by atoms with Crippen LogP contribution >= 0.6 is 12.2 Å². The van der Waals surface area contributed by atoms with Crippen LogP contribution in [0.2, 0.25) is 0 Å². The number of hydrogen-bond donors (Lipinski definition) is 2. The molecule has 6 nitrogen and oxygen atoms in total. The zero-order valence-electron chi connectivity index (χ0n) is 15.5. The molecule has 2 N–H and O–H groups in total. The summed E-state index contributed by atoms with van der Waals surface area (Å²) >= 11 is 5.20. The van der Waals surface area contributed by atoms with Crippen molar-refractivity contribution >= 4 is 23.3 Å². The van der Waals surface area contributed by atoms with Gasteiger partial charge in [0.05, 0.1) is 18.2 Å². The van der Waals surface area contributed by atoms with Crippen molar-refractivity contribution in [3.63, 3.8) is 0 Å². The van der Waals surface area contributed by atoms with Crippen molar-refractivity contribution in [1.82, 2.24) is 10.6 Å². The summed E-state index contributed by atoms with van der Waals surface area (Å²) in [6, 6.07) is 2.80. The van der Waals surface area contributed by atoms with Crippen LogP contribution in [0, 0.1) is 13.8 Å². The molecule has 0 radical (unpaired) electrons. The van der Waals surface area contributed by atoms with Gasteiger partial charge in [0, 0.05) is 12.8 Å². The SMILES string of the molecule is COCCOC(=O)C1=C(C)NC(=S)N[C@H]1c1cc(C)c(OC(F)F)c(C)c1. The van der Waals surface area contributed by atoms with Gasteiger partial charge in [-0.3, -0.25) is 0 Å². The van der Waals surface area contributed by atoms with Gasteiger partial charge in [-0.1, -0.05) is 0 Å². The molecular weight excluding hydrogens is 378 g/mol. The van der Waals surface area contributed by atoms with Gasteiger partial charge in [-0.2, -0.15) is 8.78 Å². The predicted octanol–water partition coefficient (Wildman–Crippen LogP) is 2.89. The third-order valence-electron chi connectivity index (χ3n) is 4.03. The number of esters is 1. The lowest BCUT2D eigenvalue weighted by Crippen LogP contribution is -2.45. The first kappa shape index (κ1) is 21.0. The zero-order chi connectivity index (χ0) is 20.1. The summed E-state index contributed by atoms with van der Waals surface area (Å²) in [4.78, 5) is 12.6. The van der Waals surface area contributed by atoms with Crippen molar-refractivity contribution in [1.29, 1.82) is 0 Å². The molecule has 0 saturated heterocycles. The molecule has 1 heterocycles. The molecule has 1 atom stereocenters. The largest absolute Gasteiger partial charge is 0.460 e. The first-order valence-electron chi connectivity index (χ1n) is 8.24. The summed E-state index contributed by atoms with van der Waals surface area (Å²) in [5.41, 5.74) is 2.67. The van der Waals surface area contributed by atoms with Gasteiger partial charge in [0.1, 0.15) is 12.4 Å². The van der Waals surface area contributed by atoms with E-state index in [1.807, 2.05) is 0 Å². The van der Waals surface area contributed by atoms with Crippen molar-refractivity contribution in [3.05, 3.63) is 40.1 Å². The molecule has 2 rings (SSSR count). The maximum Gasteiger partial charge on any atom is 0.387 e. The number of allylic oxidation sites excluding steroid dienone is 1. The third kappa shape index (κ3) is 5.14. The number of aryl methyl sites for hydroxylation is 2. The monoisotopic (exact) mass is 400 g/mol. The summed E-state index contributed by atoms with van der Waals surface area (Å²) in [5, 5.41) is 6.31. The molecule has 1 aromatic rings. The fraction of sp³-hybridized carbons (Fsp3) is 0.444. The van der Waals surface area contributed by atoms with E-state index >= 15 is 0 Å². The number of halogens is 2. The number of nitrogens with one attached hydrogen (secondary N) is 2. The van der Waals surface area contributed by atoms with E-state index in [4.69, 9.17) is 21.7 Å². The third-order valence-corrected chi connectivity index (χ3v) is 4.25. The quantitative estimate of drug-likeness (QED) is 0.414. The predicted molar refractivity (Wildman–Crippen MR) is 99.7 cm³/mol. The second kappa shape index (κ2) is 9.09. The molecule has 27 heavy (non-hydrogen) atoms. The molecule has 148 valence electrons. The normalized spacial score (nSPS) is 16.9. The van der Waals surface area contributed by atoms with Gasteiger partial charge in [0.2, 0.25) is 0 Å². The van der Waals surface area contributed by atoms with E-state index in [-0.39, 0.29) is 19.0 Å². The number of carbonyl (C=O) groups is 1. The van der Waals surface area contributed by atoms with Crippen molar-refractivity contribution in [2.45, 2.75) is 33.4 Å². The Labute approximate surface area is 161 Å². The second-order valence-corrected chi connectivity index (χ2v) is 6.47. The summed E-state index contributed by atoms with van der Waals surface area (Å²) in [5.74, 6) is -0.393. The highest BCUT2D eigenvalue weighted by Crippen LogP contribution is 2.33. The Bertz CT molecular complexity index is 745. The molecule has 0 fully saturated rings. The molecule has 0 amide bonds. The second-order valence-electron chi connectivity index (χ2n) is 6.06. The fourth-order valence-electron chi connectivity index (χ4n) is 2.94. The number of hydrogen-bond acceptors (Lipinski definition) is 5. The van der Waals surface area contributed by atoms with Crippen LogP contribution in [0.15, 0.2) is 23.4 Å². The van der Waals surface area contributed by atoms with Gasteiger partial charge in [-0.25, -0.2) is 4.79 Å². The fourth-order valence-corrected chi connectivity index (χ4v) is 3.21. The Hall–Kier alpha value is -2.26. The summed E-state index contributed by atoms with van der Waals surface area (Å²) in [7, 11) is 1.51. The van der Waals surface area contributed by atoms with E-state index in [9.17, 15) is 13.6 Å². The van der Waals surface area contributed by atoms with Crippen LogP contribution in [0.1, 0.15) is 29.7 Å². The van der Waals surface area contributed by atoms with Crippen LogP contribution in [0.25, 0.3) is 0 Å². The van der Waals surface area contributed by atoms with E-state index in [0.717, 1.165) is 0 Å². The first-order chi connectivity index (χ1) is 12.7. The van der Waals surface area contributed by atoms with E-state index in [1.54, 1.807) is 32.9 Å². The highest BCUT2D eigenvalue weighted by molar-refractivity contribution is 7.80. The van der Waals surface area contributed by atoms with Crippen LogP contribution in [0.3, 0.4) is 0 Å². The molecule has 0 bridgehead atoms. The average molecular weight is 400 g/mol. The van der Waals surface area contributed by atoms with Crippen molar-refractivity contribution in [2.75, 3.05) is 20.3 Å². The number of rotatable bonds is 7. The van der Waals surface area contributed by atoms with Gasteiger partial charge in [0.15, 0.2) is 5.11 Å². The van der Waals surface area contributed by atoms with Crippen LogP contribution in [-0.4, -0.2) is 38.0 Å². The Morgan fingerprint density at radius 3 is 2.41 bits per heavy atom. The minimum atomic E-state index is -2.91. The van der Waals surface area contributed by atoms with Gasteiger partial charge in [-0.15, -0.1) is 0 Å². The maximum atomic E-state index is 12.6. The zero-order valence-corrected chi connectivity index (χ0v) is 16.3. The van der Waals surface area contributed by atoms with Crippen LogP contribution < -0.4 is 15.4 Å². The smallest absolute Gasteiger partial charge is 0.387 e. The van der Waals surface area contributed by atoms with E-state index in [0.29, 0.717) is 33.1 Å². The molecule has 9 heteroatoms. The number of thiocarbonyl (C=S) groups is 1. The van der Waals surface area contributed by atoms with Gasteiger partial charge < -0.3 is 24.8 Å². The van der Waals surface area contributed by atoms with E-state index < -0.39 is 18.6 Å². The molecule has 0 aliphatic carbocycles. The number of methoxy groups -OCH3 is 1. The Balaban J connectivity index is 2.40. The molecule has 1 aromatic carbocycles. The Kier molecular flexibility index (Phi) is 7.09. The van der Waals surface area contributed by atoms with Crippen molar-refractivity contribution < 1.29 is 27.8 Å². The number of benzene rings is 1. The lowest BCUT2D eigenvalue weighted by Gasteiger charge is -2.30. The average Bonchev–Trinajstić information content (AvgIpc) is 2.57. The highest BCUT2D eigenvalue weighted by atomic mass is 32.1. The lowest BCUT2D eigenvalue weighted by molar-refractivity contribution is -0.140. The van der Waals surface area contributed by atoms with Crippen LogP contribution in [0.4, 0.5) is 8.78 Å². The van der Waals surface area contributed by atoms with E-state index in [2.05, 4.69) is 15.4 Å². The highest BCUT2D eigenvalue weighted by Gasteiger charge is 2.31. The molecule has 0 saturated carbocycles. The summed E-state index contributed by atoms with van der Waals surface area (Å²) in [6.07, 6.45) is 0. The van der Waals surface area contributed by atoms with Crippen LogP contribution in [0.5, 0.6) is 5.75 Å². The molecule has 0 spiro atoms. The minimum absolute atomic E-state index is 0.114. The maximum absolute atomic E-state index is 12.6.